The van der Waals surface area contributed by atoms with Crippen molar-refractivity contribution < 1.29 is 33.8 Å². The highest BCUT2D eigenvalue weighted by molar-refractivity contribution is 6.01. The van der Waals surface area contributed by atoms with Gasteiger partial charge in [-0.05, 0) is 25.0 Å². The average molecular weight is 463 g/mol. The van der Waals surface area contributed by atoms with Crippen LogP contribution in [0.1, 0.15) is 29.6 Å². The van der Waals surface area contributed by atoms with Gasteiger partial charge in [-0.15, -0.1) is 0 Å². The van der Waals surface area contributed by atoms with E-state index in [1.807, 2.05) is 0 Å². The molecule has 11 nitrogen and oxygen atoms in total. The van der Waals surface area contributed by atoms with E-state index in [2.05, 4.69) is 16.0 Å². The molecular formula is C22H30N4O7. The van der Waals surface area contributed by atoms with Crippen molar-refractivity contribution in [2.75, 3.05) is 40.0 Å². The van der Waals surface area contributed by atoms with Crippen LogP contribution in [0.15, 0.2) is 24.3 Å². The molecule has 1 aromatic carbocycles. The molecule has 4 amide bonds. The number of aliphatic hydroxyl groups is 1. The summed E-state index contributed by atoms with van der Waals surface area (Å²) in [4.78, 5) is 53.0. The molecule has 2 aliphatic heterocycles. The predicted molar refractivity (Wildman–Crippen MR) is 116 cm³/mol. The van der Waals surface area contributed by atoms with E-state index < -0.39 is 48.7 Å². The first kappa shape index (κ1) is 24.5. The van der Waals surface area contributed by atoms with Crippen LogP contribution in [0.5, 0.6) is 5.75 Å². The van der Waals surface area contributed by atoms with Crippen LogP contribution in [-0.2, 0) is 19.1 Å². The van der Waals surface area contributed by atoms with Crippen molar-refractivity contribution in [3.05, 3.63) is 29.8 Å². The molecule has 3 rings (SSSR count). The molecule has 0 aromatic heterocycles. The number of nitrogens with one attached hydrogen (secondary N) is 3. The third-order valence-corrected chi connectivity index (χ3v) is 5.64. The van der Waals surface area contributed by atoms with Gasteiger partial charge in [-0.1, -0.05) is 12.1 Å². The highest BCUT2D eigenvalue weighted by Crippen LogP contribution is 2.21. The zero-order chi connectivity index (χ0) is 23.8. The first-order chi connectivity index (χ1) is 15.9. The quantitative estimate of drug-likeness (QED) is 0.440. The fourth-order valence-corrected chi connectivity index (χ4v) is 4.00. The molecule has 2 aliphatic rings. The van der Waals surface area contributed by atoms with Gasteiger partial charge in [0.2, 0.25) is 17.7 Å². The summed E-state index contributed by atoms with van der Waals surface area (Å²) in [5.74, 6) is -1.90. The third kappa shape index (κ3) is 6.20. The summed E-state index contributed by atoms with van der Waals surface area (Å²) in [6.45, 7) is 0.396. The number of amides is 4. The Labute approximate surface area is 191 Å². The fraction of sp³-hybridized carbons (Fsp3) is 0.545. The van der Waals surface area contributed by atoms with Gasteiger partial charge in [0.15, 0.2) is 0 Å². The number of likely N-dealkylation sites (tertiary alicyclic amines) is 1. The summed E-state index contributed by atoms with van der Waals surface area (Å²) < 4.78 is 10.9. The number of benzene rings is 1. The number of methoxy groups -OCH3 is 1. The lowest BCUT2D eigenvalue weighted by atomic mass is 10.1. The minimum atomic E-state index is -1.19. The SMILES string of the molecule is COC[C@@H]1CCCN1C(=O)[C@@H]1CC(=O)N[C@@H](CO)C(=O)NCCOc2ccccc2C(=O)N1. The normalized spacial score (nSPS) is 24.6. The van der Waals surface area contributed by atoms with Gasteiger partial charge < -0.3 is 35.4 Å². The topological polar surface area (TPSA) is 146 Å². The Morgan fingerprint density at radius 2 is 2.03 bits per heavy atom. The molecular weight excluding hydrogens is 432 g/mol. The van der Waals surface area contributed by atoms with Crippen molar-refractivity contribution in [1.29, 1.82) is 0 Å². The molecule has 4 N–H and O–H groups in total. The third-order valence-electron chi connectivity index (χ3n) is 5.64. The Balaban J connectivity index is 1.89. The Bertz CT molecular complexity index is 878. The number of nitrogens with zero attached hydrogens (tertiary/aromatic N) is 1. The molecule has 1 saturated heterocycles. The van der Waals surface area contributed by atoms with E-state index in [0.717, 1.165) is 12.8 Å². The minimum Gasteiger partial charge on any atom is -0.491 e. The van der Waals surface area contributed by atoms with E-state index in [1.54, 1.807) is 36.3 Å². The van der Waals surface area contributed by atoms with Gasteiger partial charge in [0, 0.05) is 13.7 Å². The number of hydrogen-bond acceptors (Lipinski definition) is 7. The molecule has 0 unspecified atom stereocenters. The van der Waals surface area contributed by atoms with Crippen LogP contribution >= 0.6 is 0 Å². The number of para-hydroxylation sites is 1. The van der Waals surface area contributed by atoms with Crippen molar-refractivity contribution in [3.63, 3.8) is 0 Å². The second-order valence-corrected chi connectivity index (χ2v) is 7.95. The maximum absolute atomic E-state index is 13.4. The fourth-order valence-electron chi connectivity index (χ4n) is 4.00. The number of rotatable bonds is 4. The number of carbonyl (C=O) groups excluding carboxylic acids is 4. The van der Waals surface area contributed by atoms with Crippen LogP contribution in [-0.4, -0.2) is 91.8 Å². The van der Waals surface area contributed by atoms with Crippen molar-refractivity contribution in [1.82, 2.24) is 20.9 Å². The van der Waals surface area contributed by atoms with Gasteiger partial charge in [0.1, 0.15) is 24.4 Å². The lowest BCUT2D eigenvalue weighted by molar-refractivity contribution is -0.137. The summed E-state index contributed by atoms with van der Waals surface area (Å²) >= 11 is 0. The van der Waals surface area contributed by atoms with Crippen molar-refractivity contribution in [2.24, 2.45) is 0 Å². The summed E-state index contributed by atoms with van der Waals surface area (Å²) in [7, 11) is 1.55. The first-order valence-corrected chi connectivity index (χ1v) is 10.9. The molecule has 33 heavy (non-hydrogen) atoms. The lowest BCUT2D eigenvalue weighted by Crippen LogP contribution is -2.55. The van der Waals surface area contributed by atoms with E-state index >= 15 is 0 Å². The average Bonchev–Trinajstić information content (AvgIpc) is 3.27. The van der Waals surface area contributed by atoms with Crippen molar-refractivity contribution >= 4 is 23.6 Å². The molecule has 0 saturated carbocycles. The monoisotopic (exact) mass is 462 g/mol. The number of fused-ring (bicyclic) bond motifs is 1. The van der Waals surface area contributed by atoms with Crippen LogP contribution in [0.2, 0.25) is 0 Å². The second-order valence-electron chi connectivity index (χ2n) is 7.95. The van der Waals surface area contributed by atoms with Crippen LogP contribution in [0.3, 0.4) is 0 Å². The lowest BCUT2D eigenvalue weighted by Gasteiger charge is -2.29. The largest absolute Gasteiger partial charge is 0.491 e. The summed E-state index contributed by atoms with van der Waals surface area (Å²) in [5.41, 5.74) is 0.210. The molecule has 0 radical (unpaired) electrons. The van der Waals surface area contributed by atoms with Crippen LogP contribution in [0, 0.1) is 0 Å². The Morgan fingerprint density at radius 3 is 2.79 bits per heavy atom. The van der Waals surface area contributed by atoms with E-state index in [9.17, 15) is 24.3 Å². The summed E-state index contributed by atoms with van der Waals surface area (Å²) in [5, 5.41) is 17.2. The highest BCUT2D eigenvalue weighted by Gasteiger charge is 2.36. The molecule has 0 spiro atoms. The number of carbonyl (C=O) groups is 4. The number of hydrogen-bond donors (Lipinski definition) is 4. The molecule has 3 atom stereocenters. The molecule has 2 heterocycles. The summed E-state index contributed by atoms with van der Waals surface area (Å²) in [6.07, 6.45) is 1.15. The smallest absolute Gasteiger partial charge is 0.255 e. The maximum Gasteiger partial charge on any atom is 0.255 e. The van der Waals surface area contributed by atoms with E-state index in [1.165, 1.54) is 0 Å². The zero-order valence-electron chi connectivity index (χ0n) is 18.5. The predicted octanol–water partition coefficient (Wildman–Crippen LogP) is -1.20. The maximum atomic E-state index is 13.4. The standard InChI is InChI=1S/C22H30N4O7/c1-32-13-14-5-4-9-26(14)22(31)16-11-19(28)24-17(12-27)21(30)23-8-10-33-18-7-3-2-6-15(18)20(29)25-16/h2-3,6-7,14,16-17,27H,4-5,8-13H2,1H3,(H,23,30)(H,24,28)(H,25,29)/t14-,16-,17-/m0/s1. The van der Waals surface area contributed by atoms with Gasteiger partial charge >= 0.3 is 0 Å². The van der Waals surface area contributed by atoms with Gasteiger partial charge in [-0.3, -0.25) is 19.2 Å². The zero-order valence-corrected chi connectivity index (χ0v) is 18.5. The van der Waals surface area contributed by atoms with Gasteiger partial charge in [-0.2, -0.15) is 0 Å². The van der Waals surface area contributed by atoms with Crippen molar-refractivity contribution in [2.45, 2.75) is 37.4 Å². The summed E-state index contributed by atoms with van der Waals surface area (Å²) in [6, 6.07) is 4.02. The highest BCUT2D eigenvalue weighted by atomic mass is 16.5. The van der Waals surface area contributed by atoms with Crippen LogP contribution in [0.25, 0.3) is 0 Å². The van der Waals surface area contributed by atoms with E-state index in [-0.39, 0.29) is 30.5 Å². The number of ether oxygens (including phenoxy) is 2. The van der Waals surface area contributed by atoms with Gasteiger partial charge in [-0.25, -0.2) is 0 Å². The van der Waals surface area contributed by atoms with E-state index in [4.69, 9.17) is 9.47 Å². The molecule has 11 heteroatoms. The van der Waals surface area contributed by atoms with E-state index in [0.29, 0.717) is 13.2 Å². The molecule has 1 aromatic rings. The molecule has 1 fully saturated rings. The minimum absolute atomic E-state index is 0.0664. The second kappa shape index (κ2) is 11.6. The number of aliphatic hydroxyl groups excluding tert-OH is 1. The van der Waals surface area contributed by atoms with Crippen LogP contribution in [0.4, 0.5) is 0 Å². The van der Waals surface area contributed by atoms with Gasteiger partial charge in [0.25, 0.3) is 5.91 Å². The molecule has 0 bridgehead atoms. The molecule has 180 valence electrons. The Morgan fingerprint density at radius 1 is 1.24 bits per heavy atom. The Kier molecular flexibility index (Phi) is 8.61. The van der Waals surface area contributed by atoms with Gasteiger partial charge in [0.05, 0.1) is 37.8 Å². The first-order valence-electron chi connectivity index (χ1n) is 10.9. The van der Waals surface area contributed by atoms with Crippen LogP contribution < -0.4 is 20.7 Å². The Hall–Kier alpha value is -3.18. The van der Waals surface area contributed by atoms with Crippen molar-refractivity contribution in [3.8, 4) is 5.75 Å². The molecule has 0 aliphatic carbocycles.